The quantitative estimate of drug-likeness (QED) is 0.872. The molecule has 0 bridgehead atoms. The molecule has 7 nitrogen and oxygen atoms in total. The lowest BCUT2D eigenvalue weighted by atomic mass is 10.2. The molecule has 1 aliphatic rings. The van der Waals surface area contributed by atoms with Crippen LogP contribution >= 0.6 is 0 Å². The summed E-state index contributed by atoms with van der Waals surface area (Å²) in [6.45, 7) is 1.81. The molecular formula is C14H19N5O2. The monoisotopic (exact) mass is 289 g/mol. The summed E-state index contributed by atoms with van der Waals surface area (Å²) in [6.07, 6.45) is 5.30. The lowest BCUT2D eigenvalue weighted by Crippen LogP contribution is -2.27. The highest BCUT2D eigenvalue weighted by atomic mass is 16.2. The first-order valence-electron chi connectivity index (χ1n) is 7.27. The van der Waals surface area contributed by atoms with Gasteiger partial charge in [0.1, 0.15) is 5.82 Å². The summed E-state index contributed by atoms with van der Waals surface area (Å²) in [5.41, 5.74) is 6.11. The molecule has 112 valence electrons. The van der Waals surface area contributed by atoms with Gasteiger partial charge in [-0.3, -0.25) is 9.36 Å². The number of anilines is 1. The Balaban J connectivity index is 1.68. The first-order valence-corrected chi connectivity index (χ1v) is 7.27. The van der Waals surface area contributed by atoms with Gasteiger partial charge in [0.15, 0.2) is 0 Å². The van der Waals surface area contributed by atoms with E-state index in [-0.39, 0.29) is 11.2 Å². The van der Waals surface area contributed by atoms with Crippen LogP contribution in [-0.2, 0) is 26.1 Å². The van der Waals surface area contributed by atoms with Gasteiger partial charge in [-0.05, 0) is 25.3 Å². The van der Waals surface area contributed by atoms with E-state index in [0.717, 1.165) is 31.6 Å². The van der Waals surface area contributed by atoms with Gasteiger partial charge in [0.25, 0.3) is 5.56 Å². The summed E-state index contributed by atoms with van der Waals surface area (Å²) in [6, 6.07) is 3.05. The molecule has 0 saturated carbocycles. The lowest BCUT2D eigenvalue weighted by Gasteiger charge is -2.09. The fourth-order valence-corrected chi connectivity index (χ4v) is 2.71. The molecule has 0 atom stereocenters. The van der Waals surface area contributed by atoms with Crippen molar-refractivity contribution < 1.29 is 0 Å². The molecule has 0 aromatic carbocycles. The van der Waals surface area contributed by atoms with Crippen molar-refractivity contribution in [2.45, 2.75) is 45.3 Å². The minimum Gasteiger partial charge on any atom is -0.398 e. The highest BCUT2D eigenvalue weighted by molar-refractivity contribution is 5.33. The molecule has 3 heterocycles. The molecule has 2 aromatic heterocycles. The predicted molar refractivity (Wildman–Crippen MR) is 79.2 cm³/mol. The average Bonchev–Trinajstić information content (AvgIpc) is 2.80. The first-order chi connectivity index (χ1) is 10.1. The van der Waals surface area contributed by atoms with E-state index in [9.17, 15) is 9.59 Å². The maximum absolute atomic E-state index is 12.2. The molecular weight excluding hydrogens is 270 g/mol. The molecule has 1 aliphatic heterocycles. The topological polar surface area (TPSA) is 87.8 Å². The predicted octanol–water partition coefficient (Wildman–Crippen LogP) is 0.215. The highest BCUT2D eigenvalue weighted by Crippen LogP contribution is 2.09. The maximum atomic E-state index is 12.2. The molecule has 3 rings (SSSR count). The van der Waals surface area contributed by atoms with Gasteiger partial charge in [0, 0.05) is 44.0 Å². The molecule has 0 unspecified atom stereocenters. The summed E-state index contributed by atoms with van der Waals surface area (Å²) in [4.78, 5) is 23.8. The largest absolute Gasteiger partial charge is 0.398 e. The number of nitrogen functional groups attached to an aromatic ring is 1. The van der Waals surface area contributed by atoms with Gasteiger partial charge in [-0.25, -0.2) is 9.48 Å². The molecule has 0 aliphatic carbocycles. The van der Waals surface area contributed by atoms with Crippen molar-refractivity contribution in [3.63, 3.8) is 0 Å². The van der Waals surface area contributed by atoms with Crippen molar-refractivity contribution in [2.24, 2.45) is 0 Å². The number of nitrogens with zero attached hydrogens (tertiary/aromatic N) is 4. The number of aromatic nitrogens is 4. The van der Waals surface area contributed by atoms with Crippen molar-refractivity contribution in [1.82, 2.24) is 18.9 Å². The van der Waals surface area contributed by atoms with Gasteiger partial charge in [0.2, 0.25) is 0 Å². The standard InChI is InChI=1S/C14H19N5O2/c15-11-5-6-13(20)17(10-11)7-3-9-19-14(21)18-8-2-1-4-12(18)16-19/h5-6,10H,1-4,7-9,15H2. The van der Waals surface area contributed by atoms with E-state index < -0.39 is 0 Å². The fourth-order valence-electron chi connectivity index (χ4n) is 2.71. The van der Waals surface area contributed by atoms with E-state index in [0.29, 0.717) is 25.2 Å². The third-order valence-electron chi connectivity index (χ3n) is 3.81. The van der Waals surface area contributed by atoms with E-state index in [1.165, 1.54) is 10.7 Å². The Morgan fingerprint density at radius 3 is 2.86 bits per heavy atom. The van der Waals surface area contributed by atoms with Crippen molar-refractivity contribution in [1.29, 1.82) is 0 Å². The van der Waals surface area contributed by atoms with Gasteiger partial charge in [-0.1, -0.05) is 0 Å². The van der Waals surface area contributed by atoms with Crippen LogP contribution in [0.3, 0.4) is 0 Å². The van der Waals surface area contributed by atoms with Crippen LogP contribution in [0, 0.1) is 0 Å². The summed E-state index contributed by atoms with van der Waals surface area (Å²) >= 11 is 0. The number of hydrogen-bond acceptors (Lipinski definition) is 4. The van der Waals surface area contributed by atoms with Gasteiger partial charge < -0.3 is 10.3 Å². The van der Waals surface area contributed by atoms with Crippen LogP contribution in [0.4, 0.5) is 5.69 Å². The van der Waals surface area contributed by atoms with Crippen LogP contribution in [0.5, 0.6) is 0 Å². The number of hydrogen-bond donors (Lipinski definition) is 1. The highest BCUT2D eigenvalue weighted by Gasteiger charge is 2.16. The van der Waals surface area contributed by atoms with Crippen LogP contribution in [-0.4, -0.2) is 18.9 Å². The van der Waals surface area contributed by atoms with Gasteiger partial charge >= 0.3 is 5.69 Å². The SMILES string of the molecule is Nc1ccc(=O)n(CCCn2nc3n(c2=O)CCCC3)c1. The molecule has 2 N–H and O–H groups in total. The third kappa shape index (κ3) is 2.76. The Morgan fingerprint density at radius 2 is 2.05 bits per heavy atom. The number of nitrogens with two attached hydrogens (primary N) is 1. The molecule has 0 fully saturated rings. The van der Waals surface area contributed by atoms with Crippen molar-refractivity contribution in [3.05, 3.63) is 45.0 Å². The molecule has 2 aromatic rings. The van der Waals surface area contributed by atoms with Crippen molar-refractivity contribution >= 4 is 5.69 Å². The molecule has 0 amide bonds. The van der Waals surface area contributed by atoms with E-state index in [4.69, 9.17) is 5.73 Å². The van der Waals surface area contributed by atoms with Gasteiger partial charge in [-0.2, -0.15) is 5.10 Å². The Morgan fingerprint density at radius 1 is 1.19 bits per heavy atom. The fraction of sp³-hybridized carbons (Fsp3) is 0.500. The maximum Gasteiger partial charge on any atom is 0.345 e. The number of pyridine rings is 1. The smallest absolute Gasteiger partial charge is 0.345 e. The summed E-state index contributed by atoms with van der Waals surface area (Å²) < 4.78 is 4.84. The minimum atomic E-state index is -0.0827. The molecule has 0 saturated heterocycles. The Labute approximate surface area is 121 Å². The van der Waals surface area contributed by atoms with Gasteiger partial charge in [0.05, 0.1) is 0 Å². The van der Waals surface area contributed by atoms with Gasteiger partial charge in [-0.15, -0.1) is 0 Å². The lowest BCUT2D eigenvalue weighted by molar-refractivity contribution is 0.497. The third-order valence-corrected chi connectivity index (χ3v) is 3.81. The summed E-state index contributed by atoms with van der Waals surface area (Å²) in [5.74, 6) is 0.882. The summed E-state index contributed by atoms with van der Waals surface area (Å²) in [5, 5.41) is 4.38. The number of fused-ring (bicyclic) bond motifs is 1. The molecule has 0 radical (unpaired) electrons. The van der Waals surface area contributed by atoms with Crippen LogP contribution in [0.1, 0.15) is 25.1 Å². The Kier molecular flexibility index (Phi) is 3.64. The second-order valence-electron chi connectivity index (χ2n) is 5.38. The zero-order valence-electron chi connectivity index (χ0n) is 11.9. The van der Waals surface area contributed by atoms with Crippen LogP contribution in [0.2, 0.25) is 0 Å². The van der Waals surface area contributed by atoms with Crippen LogP contribution < -0.4 is 17.0 Å². The van der Waals surface area contributed by atoms with Crippen LogP contribution in [0.15, 0.2) is 27.9 Å². The zero-order valence-corrected chi connectivity index (χ0v) is 11.9. The number of aryl methyl sites for hydroxylation is 3. The second-order valence-corrected chi connectivity index (χ2v) is 5.38. The Hall–Kier alpha value is -2.31. The zero-order chi connectivity index (χ0) is 14.8. The molecule has 0 spiro atoms. The van der Waals surface area contributed by atoms with E-state index in [1.807, 2.05) is 0 Å². The molecule has 21 heavy (non-hydrogen) atoms. The second kappa shape index (κ2) is 5.59. The normalized spacial score (nSPS) is 14.1. The van der Waals surface area contributed by atoms with E-state index in [2.05, 4.69) is 5.10 Å². The van der Waals surface area contributed by atoms with E-state index in [1.54, 1.807) is 21.4 Å². The Bertz CT molecular complexity index is 755. The van der Waals surface area contributed by atoms with E-state index >= 15 is 0 Å². The van der Waals surface area contributed by atoms with Crippen LogP contribution in [0.25, 0.3) is 0 Å². The van der Waals surface area contributed by atoms with Crippen molar-refractivity contribution in [3.8, 4) is 0 Å². The summed E-state index contributed by atoms with van der Waals surface area (Å²) in [7, 11) is 0. The van der Waals surface area contributed by atoms with Crippen molar-refractivity contribution in [2.75, 3.05) is 5.73 Å². The molecule has 7 heteroatoms. The first kappa shape index (κ1) is 13.7. The minimum absolute atomic E-state index is 0.0374. The average molecular weight is 289 g/mol. The number of rotatable bonds is 4.